The molecule has 3 aromatic rings. The van der Waals surface area contributed by atoms with Crippen molar-refractivity contribution < 1.29 is 31.8 Å². The van der Waals surface area contributed by atoms with Gasteiger partial charge in [-0.15, -0.1) is 11.8 Å². The molecule has 32 heavy (non-hydrogen) atoms. The number of hydrogen-bond donors (Lipinski definition) is 3. The first kappa shape index (κ1) is 24.2. The summed E-state index contributed by atoms with van der Waals surface area (Å²) < 4.78 is 75.4. The maximum absolute atomic E-state index is 14.7. The van der Waals surface area contributed by atoms with Crippen LogP contribution in [-0.4, -0.2) is 40.6 Å². The van der Waals surface area contributed by atoms with E-state index in [1.807, 2.05) is 4.98 Å². The molecular formula is C19H14ClF5N2O4S. The first-order valence-electron chi connectivity index (χ1n) is 8.79. The van der Waals surface area contributed by atoms with E-state index >= 15 is 0 Å². The number of halogens is 6. The van der Waals surface area contributed by atoms with E-state index in [0.717, 1.165) is 0 Å². The molecule has 0 spiro atoms. The Bertz CT molecular complexity index is 1290. The third-order valence-corrected chi connectivity index (χ3v) is 6.05. The van der Waals surface area contributed by atoms with E-state index in [-0.39, 0.29) is 16.2 Å². The fourth-order valence-corrected chi connectivity index (χ4v) is 4.43. The average molecular weight is 497 g/mol. The maximum Gasteiger partial charge on any atom is 0.417 e. The van der Waals surface area contributed by atoms with Crippen LogP contribution in [0, 0.1) is 11.6 Å². The summed E-state index contributed by atoms with van der Waals surface area (Å²) >= 11 is 6.38. The maximum atomic E-state index is 14.7. The van der Waals surface area contributed by atoms with Crippen molar-refractivity contribution in [3.8, 4) is 11.1 Å². The van der Waals surface area contributed by atoms with Gasteiger partial charge in [-0.05, 0) is 12.1 Å². The standard InChI is InChI=1S/C19H14ClF5N2O4S/c1-31-7(5-28)6-32-16-14(8-3-11(20)13(22)4-12(8)21)10(19(23,24)25)2-9-15(16)26-18(30)27-17(9)29/h2-4,7,28H,5-6H2,1H3,(H2,26,27,29,30)/t7-/m0/s1. The number of benzene rings is 2. The van der Waals surface area contributed by atoms with Crippen LogP contribution in [0.3, 0.4) is 0 Å². The minimum Gasteiger partial charge on any atom is -0.394 e. The number of aromatic amines is 2. The average Bonchev–Trinajstić information content (AvgIpc) is 2.70. The van der Waals surface area contributed by atoms with Crippen molar-refractivity contribution in [3.05, 3.63) is 61.3 Å². The van der Waals surface area contributed by atoms with Gasteiger partial charge in [0.15, 0.2) is 0 Å². The number of H-pyrrole nitrogens is 2. The number of alkyl halides is 3. The van der Waals surface area contributed by atoms with Gasteiger partial charge in [-0.2, -0.15) is 13.2 Å². The largest absolute Gasteiger partial charge is 0.417 e. The number of thioether (sulfide) groups is 1. The van der Waals surface area contributed by atoms with Gasteiger partial charge < -0.3 is 14.8 Å². The molecule has 172 valence electrons. The Hall–Kier alpha value is -2.41. The molecule has 13 heteroatoms. The number of fused-ring (bicyclic) bond motifs is 1. The summed E-state index contributed by atoms with van der Waals surface area (Å²) in [6, 6.07) is 1.50. The lowest BCUT2D eigenvalue weighted by Gasteiger charge is -2.21. The van der Waals surface area contributed by atoms with E-state index in [1.165, 1.54) is 7.11 Å². The molecule has 0 aliphatic carbocycles. The highest BCUT2D eigenvalue weighted by atomic mass is 35.5. The van der Waals surface area contributed by atoms with Crippen molar-refractivity contribution in [2.45, 2.75) is 17.2 Å². The zero-order valence-corrected chi connectivity index (χ0v) is 17.6. The molecule has 1 heterocycles. The molecule has 0 saturated carbocycles. The van der Waals surface area contributed by atoms with Gasteiger partial charge in [-0.1, -0.05) is 11.6 Å². The molecule has 0 aliphatic heterocycles. The van der Waals surface area contributed by atoms with Crippen LogP contribution in [0.4, 0.5) is 22.0 Å². The van der Waals surface area contributed by atoms with Crippen LogP contribution >= 0.6 is 23.4 Å². The summed E-state index contributed by atoms with van der Waals surface area (Å²) in [5.41, 5.74) is -5.22. The van der Waals surface area contributed by atoms with Gasteiger partial charge in [0.2, 0.25) is 0 Å². The number of methoxy groups -OCH3 is 1. The molecule has 0 saturated heterocycles. The zero-order valence-electron chi connectivity index (χ0n) is 16.1. The van der Waals surface area contributed by atoms with E-state index in [0.29, 0.717) is 30.0 Å². The highest BCUT2D eigenvalue weighted by Gasteiger charge is 2.37. The van der Waals surface area contributed by atoms with E-state index in [4.69, 9.17) is 16.3 Å². The summed E-state index contributed by atoms with van der Waals surface area (Å²) in [5.74, 6) is -2.64. The summed E-state index contributed by atoms with van der Waals surface area (Å²) in [5, 5.41) is 8.20. The molecule has 3 N–H and O–H groups in total. The Morgan fingerprint density at radius 1 is 1.16 bits per heavy atom. The Balaban J connectivity index is 2.49. The van der Waals surface area contributed by atoms with E-state index < -0.39 is 68.9 Å². The molecule has 6 nitrogen and oxygen atoms in total. The highest BCUT2D eigenvalue weighted by molar-refractivity contribution is 7.99. The van der Waals surface area contributed by atoms with Crippen LogP contribution in [0.5, 0.6) is 0 Å². The summed E-state index contributed by atoms with van der Waals surface area (Å²) in [4.78, 5) is 27.9. The lowest BCUT2D eigenvalue weighted by atomic mass is 9.96. The number of aliphatic hydroxyl groups excluding tert-OH is 1. The van der Waals surface area contributed by atoms with Gasteiger partial charge in [0.1, 0.15) is 11.6 Å². The predicted octanol–water partition coefficient (Wildman–Crippen LogP) is 3.93. The molecular weight excluding hydrogens is 483 g/mol. The summed E-state index contributed by atoms with van der Waals surface area (Å²) in [6.07, 6.45) is -5.89. The second-order valence-corrected chi connectivity index (χ2v) is 7.99. The molecule has 0 aliphatic rings. The third-order valence-electron chi connectivity index (χ3n) is 4.53. The van der Waals surface area contributed by atoms with Crippen LogP contribution in [0.1, 0.15) is 5.56 Å². The minimum absolute atomic E-state index is 0.123. The fourth-order valence-electron chi connectivity index (χ4n) is 3.00. The fraction of sp³-hybridized carbons (Fsp3) is 0.263. The van der Waals surface area contributed by atoms with Gasteiger partial charge in [0.25, 0.3) is 5.56 Å². The molecule has 0 unspecified atom stereocenters. The van der Waals surface area contributed by atoms with Crippen LogP contribution in [0.15, 0.2) is 32.7 Å². The highest BCUT2D eigenvalue weighted by Crippen LogP contribution is 2.46. The lowest BCUT2D eigenvalue weighted by Crippen LogP contribution is -2.24. The summed E-state index contributed by atoms with van der Waals surface area (Å²) in [6.45, 7) is -0.483. The molecule has 1 atom stereocenters. The van der Waals surface area contributed by atoms with Crippen LogP contribution in [0.25, 0.3) is 22.0 Å². The van der Waals surface area contributed by atoms with Gasteiger partial charge in [-0.25, -0.2) is 13.6 Å². The number of aliphatic hydroxyl groups is 1. The zero-order chi connectivity index (χ0) is 23.8. The van der Waals surface area contributed by atoms with E-state index in [1.54, 1.807) is 0 Å². The van der Waals surface area contributed by atoms with Crippen molar-refractivity contribution >= 4 is 34.3 Å². The van der Waals surface area contributed by atoms with Crippen molar-refractivity contribution in [2.75, 3.05) is 19.5 Å². The third kappa shape index (κ3) is 4.68. The van der Waals surface area contributed by atoms with Gasteiger partial charge in [-0.3, -0.25) is 9.78 Å². The first-order valence-corrected chi connectivity index (χ1v) is 10.2. The Morgan fingerprint density at radius 2 is 1.84 bits per heavy atom. The Morgan fingerprint density at radius 3 is 2.44 bits per heavy atom. The number of ether oxygens (including phenoxy) is 1. The van der Waals surface area contributed by atoms with E-state index in [9.17, 15) is 36.6 Å². The predicted molar refractivity (Wildman–Crippen MR) is 109 cm³/mol. The molecule has 0 radical (unpaired) electrons. The number of nitrogens with one attached hydrogen (secondary N) is 2. The lowest BCUT2D eigenvalue weighted by molar-refractivity contribution is -0.137. The molecule has 0 fully saturated rings. The van der Waals surface area contributed by atoms with Crippen LogP contribution in [-0.2, 0) is 10.9 Å². The second kappa shape index (κ2) is 9.22. The Kier molecular flexibility index (Phi) is 6.98. The number of hydrogen-bond acceptors (Lipinski definition) is 5. The molecule has 1 aromatic heterocycles. The summed E-state index contributed by atoms with van der Waals surface area (Å²) in [7, 11) is 1.26. The topological polar surface area (TPSA) is 95.2 Å². The van der Waals surface area contributed by atoms with Crippen molar-refractivity contribution in [2.24, 2.45) is 0 Å². The molecule has 3 rings (SSSR count). The normalized spacial score (nSPS) is 13.0. The van der Waals surface area contributed by atoms with Crippen LogP contribution < -0.4 is 11.2 Å². The minimum atomic E-state index is -5.06. The molecule has 2 aromatic carbocycles. The number of rotatable bonds is 6. The monoisotopic (exact) mass is 496 g/mol. The SMILES string of the molecule is CO[C@@H](CO)CSc1c(-c2cc(Cl)c(F)cc2F)c(C(F)(F)F)cc2c(=O)[nH]c(=O)[nH]c12. The number of aromatic nitrogens is 2. The quantitative estimate of drug-likeness (QED) is 0.273. The Labute approximate surface area is 185 Å². The second-order valence-electron chi connectivity index (χ2n) is 6.55. The molecule has 0 amide bonds. The van der Waals surface area contributed by atoms with Crippen molar-refractivity contribution in [1.29, 1.82) is 0 Å². The smallest absolute Gasteiger partial charge is 0.394 e. The van der Waals surface area contributed by atoms with Crippen molar-refractivity contribution in [3.63, 3.8) is 0 Å². The van der Waals surface area contributed by atoms with Gasteiger partial charge in [0, 0.05) is 35.0 Å². The van der Waals surface area contributed by atoms with Gasteiger partial charge >= 0.3 is 11.9 Å². The van der Waals surface area contributed by atoms with Crippen LogP contribution in [0.2, 0.25) is 5.02 Å². The van der Waals surface area contributed by atoms with E-state index in [2.05, 4.69) is 4.98 Å². The molecule has 0 bridgehead atoms. The van der Waals surface area contributed by atoms with Gasteiger partial charge in [0.05, 0.1) is 34.2 Å². The van der Waals surface area contributed by atoms with Crippen molar-refractivity contribution in [1.82, 2.24) is 9.97 Å². The first-order chi connectivity index (χ1) is 15.0.